The van der Waals surface area contributed by atoms with Crippen LogP contribution in [-0.2, 0) is 38.0 Å². The third-order valence-electron chi connectivity index (χ3n) is 7.30. The van der Waals surface area contributed by atoms with Gasteiger partial charge >= 0.3 is 11.9 Å². The van der Waals surface area contributed by atoms with Gasteiger partial charge < -0.3 is 28.4 Å². The maximum absolute atomic E-state index is 13.6. The second-order valence-electron chi connectivity index (χ2n) is 10.1. The molecule has 0 radical (unpaired) electrons. The van der Waals surface area contributed by atoms with Gasteiger partial charge in [-0.2, -0.15) is 0 Å². The largest absolute Gasteiger partial charge is 0.465 e. The summed E-state index contributed by atoms with van der Waals surface area (Å²) in [6.45, 7) is 11.4. The van der Waals surface area contributed by atoms with E-state index in [0.717, 1.165) is 0 Å². The predicted octanol–water partition coefficient (Wildman–Crippen LogP) is 2.51. The van der Waals surface area contributed by atoms with Crippen molar-refractivity contribution in [3.8, 4) is 0 Å². The van der Waals surface area contributed by atoms with Crippen LogP contribution in [0.15, 0.2) is 23.8 Å². The van der Waals surface area contributed by atoms with Crippen LogP contribution in [0, 0.1) is 23.2 Å². The van der Waals surface area contributed by atoms with Crippen molar-refractivity contribution >= 4 is 11.9 Å². The van der Waals surface area contributed by atoms with Crippen LogP contribution in [0.25, 0.3) is 0 Å². The van der Waals surface area contributed by atoms with Crippen LogP contribution >= 0.6 is 0 Å². The van der Waals surface area contributed by atoms with Crippen LogP contribution < -0.4 is 0 Å². The van der Waals surface area contributed by atoms with Gasteiger partial charge in [0.25, 0.3) is 0 Å². The number of hydrogen-bond acceptors (Lipinski definition) is 8. The van der Waals surface area contributed by atoms with E-state index in [-0.39, 0.29) is 43.0 Å². The summed E-state index contributed by atoms with van der Waals surface area (Å²) < 4.78 is 36.1. The fourth-order valence-electron chi connectivity index (χ4n) is 6.37. The molecule has 3 fully saturated rings. The minimum absolute atomic E-state index is 0.0620. The van der Waals surface area contributed by atoms with Gasteiger partial charge in [-0.15, -0.1) is 0 Å². The van der Waals surface area contributed by atoms with Crippen molar-refractivity contribution in [2.75, 3.05) is 13.2 Å². The van der Waals surface area contributed by atoms with Crippen molar-refractivity contribution in [2.24, 2.45) is 23.2 Å². The Morgan fingerprint density at radius 3 is 2.28 bits per heavy atom. The van der Waals surface area contributed by atoms with Crippen molar-refractivity contribution < 1.29 is 38.0 Å². The highest BCUT2D eigenvalue weighted by Crippen LogP contribution is 2.63. The molecule has 0 amide bonds. The molecule has 2 aliphatic heterocycles. The molecule has 6 aliphatic rings. The number of fused-ring (bicyclic) bond motifs is 1. The molecule has 2 heterocycles. The number of allylic oxidation sites excluding steroid dienone is 1. The number of carbonyl (C=O) groups excluding carboxylic acids is 2. The first kappa shape index (κ1) is 22.1. The molecular weight excluding hydrogens is 416 g/mol. The van der Waals surface area contributed by atoms with Crippen molar-refractivity contribution in [3.05, 3.63) is 23.8 Å². The Labute approximate surface area is 188 Å². The molecule has 8 atom stereocenters. The molecule has 176 valence electrons. The van der Waals surface area contributed by atoms with Crippen LogP contribution in [0.2, 0.25) is 0 Å². The van der Waals surface area contributed by atoms with Crippen molar-refractivity contribution in [1.29, 1.82) is 0 Å². The third-order valence-corrected chi connectivity index (χ3v) is 7.30. The molecule has 2 saturated heterocycles. The Morgan fingerprint density at radius 2 is 1.59 bits per heavy atom. The lowest BCUT2D eigenvalue weighted by molar-refractivity contribution is -0.189. The van der Waals surface area contributed by atoms with Crippen molar-refractivity contribution in [3.63, 3.8) is 0 Å². The van der Waals surface area contributed by atoms with Crippen LogP contribution in [0.3, 0.4) is 0 Å². The highest BCUT2D eigenvalue weighted by Gasteiger charge is 2.72. The van der Waals surface area contributed by atoms with E-state index < -0.39 is 41.3 Å². The zero-order valence-corrected chi connectivity index (χ0v) is 19.5. The van der Waals surface area contributed by atoms with Crippen LogP contribution in [-0.4, -0.2) is 61.1 Å². The average molecular weight is 449 g/mol. The molecule has 0 spiro atoms. The number of rotatable bonds is 4. The molecule has 6 rings (SSSR count). The maximum Gasteiger partial charge on any atom is 0.336 e. The van der Waals surface area contributed by atoms with Crippen LogP contribution in [0.4, 0.5) is 0 Å². The van der Waals surface area contributed by atoms with Gasteiger partial charge in [-0.3, -0.25) is 4.79 Å². The van der Waals surface area contributed by atoms with Gasteiger partial charge in [0.15, 0.2) is 11.6 Å². The Kier molecular flexibility index (Phi) is 4.92. The van der Waals surface area contributed by atoms with E-state index in [1.165, 1.54) is 0 Å². The molecule has 0 N–H and O–H groups in total. The van der Waals surface area contributed by atoms with Gasteiger partial charge in [-0.1, -0.05) is 18.2 Å². The van der Waals surface area contributed by atoms with Gasteiger partial charge in [0.05, 0.1) is 31.0 Å². The first-order valence-electron chi connectivity index (χ1n) is 11.5. The quantitative estimate of drug-likeness (QED) is 0.479. The fourth-order valence-corrected chi connectivity index (χ4v) is 6.37. The van der Waals surface area contributed by atoms with Gasteiger partial charge in [-0.25, -0.2) is 4.79 Å². The lowest BCUT2D eigenvalue weighted by Gasteiger charge is -2.57. The summed E-state index contributed by atoms with van der Waals surface area (Å²) in [5.41, 5.74) is -0.741. The Morgan fingerprint density at radius 1 is 0.938 bits per heavy atom. The molecule has 8 heteroatoms. The van der Waals surface area contributed by atoms with Gasteiger partial charge in [0, 0.05) is 17.8 Å². The van der Waals surface area contributed by atoms with Crippen LogP contribution in [0.5, 0.6) is 0 Å². The summed E-state index contributed by atoms with van der Waals surface area (Å²) in [4.78, 5) is 26.5. The lowest BCUT2D eigenvalue weighted by atomic mass is 9.48. The SMILES string of the molecule is CCOC(=O)C1=C[C@@H]2[C@@H]([C@@H]3C=C[C@@]2(C(=O)OCC)[C@H]2OC(C)(C)O[C@@H]32)[C@@H]2OC(C)(C)O[C@H]12. The second kappa shape index (κ2) is 7.13. The molecule has 1 saturated carbocycles. The topological polar surface area (TPSA) is 89.5 Å². The van der Waals surface area contributed by atoms with E-state index in [4.69, 9.17) is 28.4 Å². The van der Waals surface area contributed by atoms with Gasteiger partial charge in [0.2, 0.25) is 0 Å². The summed E-state index contributed by atoms with van der Waals surface area (Å²) in [7, 11) is 0. The average Bonchev–Trinajstić information content (AvgIpc) is 3.22. The monoisotopic (exact) mass is 448 g/mol. The minimum atomic E-state index is -1.13. The second-order valence-corrected chi connectivity index (χ2v) is 10.1. The summed E-state index contributed by atoms with van der Waals surface area (Å²) in [6.07, 6.45) is 3.93. The fraction of sp³-hybridized carbons (Fsp3) is 0.750. The summed E-state index contributed by atoms with van der Waals surface area (Å²) in [5, 5.41) is 0. The van der Waals surface area contributed by atoms with E-state index >= 15 is 0 Å². The number of carbonyl (C=O) groups is 2. The first-order chi connectivity index (χ1) is 15.0. The highest BCUT2D eigenvalue weighted by atomic mass is 16.8. The first-order valence-corrected chi connectivity index (χ1v) is 11.5. The van der Waals surface area contributed by atoms with Gasteiger partial charge in [-0.05, 0) is 41.5 Å². The smallest absolute Gasteiger partial charge is 0.336 e. The van der Waals surface area contributed by atoms with Crippen molar-refractivity contribution in [1.82, 2.24) is 0 Å². The predicted molar refractivity (Wildman–Crippen MR) is 111 cm³/mol. The number of hydrogen-bond donors (Lipinski definition) is 0. The zero-order chi connectivity index (χ0) is 23.1. The number of esters is 2. The van der Waals surface area contributed by atoms with E-state index in [0.29, 0.717) is 5.57 Å². The molecule has 0 aromatic carbocycles. The van der Waals surface area contributed by atoms with Crippen molar-refractivity contribution in [2.45, 2.75) is 77.5 Å². The Bertz CT molecular complexity index is 888. The molecule has 0 aromatic heterocycles. The molecular formula is C24H32O8. The molecule has 2 bridgehead atoms. The molecule has 0 aromatic rings. The van der Waals surface area contributed by atoms with Crippen LogP contribution in [0.1, 0.15) is 41.5 Å². The Hall–Kier alpha value is -1.74. The maximum atomic E-state index is 13.6. The highest BCUT2D eigenvalue weighted by molar-refractivity contribution is 5.91. The standard InChI is InChI=1S/C24H32O8/c1-7-27-20(25)13-11-14-15(18-16(13)29-22(3,4)31-18)12-9-10-24(14,21(26)28-8-2)19-17(12)30-23(5,6)32-19/h9-12,14-19H,7-8H2,1-6H3/t12-,14+,15+,16+,17-,18-,19-,24-/m0/s1. The third kappa shape index (κ3) is 2.96. The Balaban J connectivity index is 1.68. The number of ether oxygens (including phenoxy) is 6. The zero-order valence-electron chi connectivity index (χ0n) is 19.5. The minimum Gasteiger partial charge on any atom is -0.465 e. The summed E-state index contributed by atoms with van der Waals surface area (Å²) in [5.74, 6) is -3.14. The van der Waals surface area contributed by atoms with E-state index in [2.05, 4.69) is 0 Å². The molecule has 8 nitrogen and oxygen atoms in total. The summed E-state index contributed by atoms with van der Waals surface area (Å²) >= 11 is 0. The lowest BCUT2D eigenvalue weighted by Crippen LogP contribution is -2.67. The molecule has 0 unspecified atom stereocenters. The van der Waals surface area contributed by atoms with Gasteiger partial charge in [0.1, 0.15) is 17.6 Å². The summed E-state index contributed by atoms with van der Waals surface area (Å²) in [6, 6.07) is 0. The van der Waals surface area contributed by atoms with E-state index in [1.807, 2.05) is 45.9 Å². The molecule has 4 aliphatic carbocycles. The van der Waals surface area contributed by atoms with E-state index in [9.17, 15) is 9.59 Å². The van der Waals surface area contributed by atoms with E-state index in [1.54, 1.807) is 13.8 Å². The normalized spacial score (nSPS) is 44.3. The molecule has 32 heavy (non-hydrogen) atoms.